The van der Waals surface area contributed by atoms with Gasteiger partial charge in [-0.1, -0.05) is 12.1 Å². The summed E-state index contributed by atoms with van der Waals surface area (Å²) in [7, 11) is 0. The smallest absolute Gasteiger partial charge is 0.270 e. The maximum absolute atomic E-state index is 12.4. The van der Waals surface area contributed by atoms with Crippen LogP contribution < -0.4 is 5.32 Å². The summed E-state index contributed by atoms with van der Waals surface area (Å²) < 4.78 is 1.87. The predicted octanol–water partition coefficient (Wildman–Crippen LogP) is 2.47. The fourth-order valence-corrected chi connectivity index (χ4v) is 3.11. The van der Waals surface area contributed by atoms with Gasteiger partial charge < -0.3 is 5.32 Å². The summed E-state index contributed by atoms with van der Waals surface area (Å²) >= 11 is 0. The van der Waals surface area contributed by atoms with Crippen molar-refractivity contribution in [2.75, 3.05) is 0 Å². The average molecular weight is 319 g/mol. The minimum Gasteiger partial charge on any atom is -0.344 e. The zero-order chi connectivity index (χ0) is 16.4. The molecule has 1 amide bonds. The first-order valence-corrected chi connectivity index (χ1v) is 8.03. The van der Waals surface area contributed by atoms with Gasteiger partial charge in [0.25, 0.3) is 5.91 Å². The summed E-state index contributed by atoms with van der Waals surface area (Å²) in [5.74, 6) is 0.648. The van der Waals surface area contributed by atoms with Crippen molar-refractivity contribution in [3.8, 4) is 5.82 Å². The van der Waals surface area contributed by atoms with Gasteiger partial charge in [-0.25, -0.2) is 9.67 Å². The predicted molar refractivity (Wildman–Crippen MR) is 88.7 cm³/mol. The largest absolute Gasteiger partial charge is 0.344 e. The van der Waals surface area contributed by atoms with E-state index in [9.17, 15) is 4.79 Å². The van der Waals surface area contributed by atoms with Crippen molar-refractivity contribution in [1.82, 2.24) is 25.1 Å². The second kappa shape index (κ2) is 6.23. The first-order chi connectivity index (χ1) is 11.8. The first kappa shape index (κ1) is 14.6. The third-order valence-electron chi connectivity index (χ3n) is 4.25. The van der Waals surface area contributed by atoms with E-state index in [1.165, 1.54) is 0 Å². The number of hydrogen-bond donors (Lipinski definition) is 1. The molecular weight excluding hydrogens is 302 g/mol. The summed E-state index contributed by atoms with van der Waals surface area (Å²) in [6, 6.07) is 11.1. The molecule has 0 saturated heterocycles. The fourth-order valence-electron chi connectivity index (χ4n) is 3.11. The molecule has 3 aromatic rings. The van der Waals surface area contributed by atoms with Gasteiger partial charge in [0.1, 0.15) is 5.69 Å². The molecule has 3 aromatic heterocycles. The Bertz CT molecular complexity index is 844. The molecule has 6 heteroatoms. The number of nitrogens with zero attached hydrogens (tertiary/aromatic N) is 4. The Kier molecular flexibility index (Phi) is 3.78. The highest BCUT2D eigenvalue weighted by atomic mass is 16.1. The molecule has 0 spiro atoms. The van der Waals surface area contributed by atoms with Crippen LogP contribution in [0.5, 0.6) is 0 Å². The minimum atomic E-state index is -0.154. The van der Waals surface area contributed by atoms with Crippen molar-refractivity contribution in [1.29, 1.82) is 0 Å². The number of pyridine rings is 2. The molecular formula is C18H17N5O. The Morgan fingerprint density at radius 1 is 1.12 bits per heavy atom. The van der Waals surface area contributed by atoms with Crippen LogP contribution in [-0.4, -0.2) is 25.7 Å². The second-order valence-electron chi connectivity index (χ2n) is 5.78. The monoisotopic (exact) mass is 319 g/mol. The molecule has 1 unspecified atom stereocenters. The number of nitrogens with one attached hydrogen (secondary N) is 1. The molecule has 1 N–H and O–H groups in total. The lowest BCUT2D eigenvalue weighted by Crippen LogP contribution is -2.31. The van der Waals surface area contributed by atoms with Crippen LogP contribution in [0.4, 0.5) is 0 Å². The van der Waals surface area contributed by atoms with Gasteiger partial charge in [0, 0.05) is 18.0 Å². The summed E-state index contributed by atoms with van der Waals surface area (Å²) in [5, 5.41) is 7.57. The quantitative estimate of drug-likeness (QED) is 0.805. The van der Waals surface area contributed by atoms with E-state index in [1.54, 1.807) is 24.5 Å². The van der Waals surface area contributed by atoms with Crippen molar-refractivity contribution in [3.05, 3.63) is 71.9 Å². The topological polar surface area (TPSA) is 72.7 Å². The number of fused-ring (bicyclic) bond motifs is 1. The molecule has 1 aliphatic carbocycles. The zero-order valence-corrected chi connectivity index (χ0v) is 13.1. The molecule has 0 fully saturated rings. The lowest BCUT2D eigenvalue weighted by Gasteiger charge is -2.24. The Morgan fingerprint density at radius 2 is 1.96 bits per heavy atom. The summed E-state index contributed by atoms with van der Waals surface area (Å²) in [4.78, 5) is 20.9. The van der Waals surface area contributed by atoms with Crippen LogP contribution in [0.3, 0.4) is 0 Å². The van der Waals surface area contributed by atoms with Gasteiger partial charge in [-0.3, -0.25) is 9.78 Å². The minimum absolute atomic E-state index is 0.0410. The Labute approximate surface area is 139 Å². The molecule has 120 valence electrons. The number of carbonyl (C=O) groups is 1. The van der Waals surface area contributed by atoms with Gasteiger partial charge in [-0.15, -0.1) is 0 Å². The van der Waals surface area contributed by atoms with E-state index < -0.39 is 0 Å². The molecule has 0 aliphatic heterocycles. The Balaban J connectivity index is 1.61. The van der Waals surface area contributed by atoms with Gasteiger partial charge >= 0.3 is 0 Å². The number of amides is 1. The molecule has 1 aliphatic rings. The van der Waals surface area contributed by atoms with E-state index in [0.717, 1.165) is 36.3 Å². The van der Waals surface area contributed by atoms with E-state index in [-0.39, 0.29) is 11.9 Å². The van der Waals surface area contributed by atoms with Crippen molar-refractivity contribution >= 4 is 5.91 Å². The van der Waals surface area contributed by atoms with E-state index in [4.69, 9.17) is 0 Å². The molecule has 6 nitrogen and oxygen atoms in total. The molecule has 0 saturated carbocycles. The molecule has 0 bridgehead atoms. The van der Waals surface area contributed by atoms with E-state index in [0.29, 0.717) is 5.69 Å². The number of carbonyl (C=O) groups excluding carboxylic acids is 1. The number of aromatic nitrogens is 4. The highest BCUT2D eigenvalue weighted by Gasteiger charge is 2.26. The maximum atomic E-state index is 12.4. The van der Waals surface area contributed by atoms with Crippen molar-refractivity contribution in [2.24, 2.45) is 0 Å². The van der Waals surface area contributed by atoms with E-state index in [1.807, 2.05) is 35.1 Å². The van der Waals surface area contributed by atoms with Gasteiger partial charge in [0.2, 0.25) is 0 Å². The van der Waals surface area contributed by atoms with Crippen molar-refractivity contribution in [2.45, 2.75) is 25.3 Å². The second-order valence-corrected chi connectivity index (χ2v) is 5.78. The molecule has 0 radical (unpaired) electrons. The molecule has 0 aromatic carbocycles. The van der Waals surface area contributed by atoms with Gasteiger partial charge in [0.15, 0.2) is 5.82 Å². The van der Waals surface area contributed by atoms with Crippen LogP contribution in [0.25, 0.3) is 5.82 Å². The zero-order valence-electron chi connectivity index (χ0n) is 13.1. The van der Waals surface area contributed by atoms with Gasteiger partial charge in [-0.05, 0) is 43.5 Å². The number of rotatable bonds is 3. The van der Waals surface area contributed by atoms with E-state index >= 15 is 0 Å². The van der Waals surface area contributed by atoms with Crippen LogP contribution in [0.2, 0.25) is 0 Å². The van der Waals surface area contributed by atoms with Crippen LogP contribution in [0.1, 0.15) is 40.6 Å². The lowest BCUT2D eigenvalue weighted by atomic mass is 9.93. The van der Waals surface area contributed by atoms with Crippen LogP contribution in [-0.2, 0) is 6.42 Å². The average Bonchev–Trinajstić information content (AvgIpc) is 3.08. The summed E-state index contributed by atoms with van der Waals surface area (Å²) in [6.45, 7) is 0. The molecule has 3 heterocycles. The first-order valence-electron chi connectivity index (χ1n) is 8.03. The normalized spacial score (nSPS) is 16.4. The summed E-state index contributed by atoms with van der Waals surface area (Å²) in [5.41, 5.74) is 2.61. The van der Waals surface area contributed by atoms with Crippen molar-refractivity contribution in [3.63, 3.8) is 0 Å². The third-order valence-corrected chi connectivity index (χ3v) is 4.25. The third kappa shape index (κ3) is 2.67. The van der Waals surface area contributed by atoms with Crippen LogP contribution in [0.15, 0.2) is 55.0 Å². The number of hydrogen-bond acceptors (Lipinski definition) is 4. The fraction of sp³-hybridized carbons (Fsp3) is 0.222. The molecule has 24 heavy (non-hydrogen) atoms. The Hall–Kier alpha value is -3.02. The highest BCUT2D eigenvalue weighted by molar-refractivity contribution is 5.92. The summed E-state index contributed by atoms with van der Waals surface area (Å²) in [6.07, 6.45) is 8.06. The van der Waals surface area contributed by atoms with Gasteiger partial charge in [0.05, 0.1) is 17.9 Å². The van der Waals surface area contributed by atoms with Crippen LogP contribution >= 0.6 is 0 Å². The van der Waals surface area contributed by atoms with Crippen molar-refractivity contribution < 1.29 is 4.79 Å². The van der Waals surface area contributed by atoms with Crippen LogP contribution in [0, 0.1) is 0 Å². The molecule has 4 rings (SSSR count). The maximum Gasteiger partial charge on any atom is 0.270 e. The van der Waals surface area contributed by atoms with E-state index in [2.05, 4.69) is 20.4 Å². The SMILES string of the molecule is O=C(NC1CCCc2c1cnn2-c1ccccn1)c1ccccn1. The Morgan fingerprint density at radius 3 is 2.71 bits per heavy atom. The molecule has 1 atom stereocenters. The lowest BCUT2D eigenvalue weighted by molar-refractivity contribution is 0.0927. The standard InChI is InChI=1S/C18H17N5O/c24-18(15-6-1-3-10-19-15)22-14-7-5-8-16-13(14)12-21-23(16)17-9-2-4-11-20-17/h1-4,6,9-12,14H,5,7-8H2,(H,22,24). The highest BCUT2D eigenvalue weighted by Crippen LogP contribution is 2.30. The van der Waals surface area contributed by atoms with Gasteiger partial charge in [-0.2, -0.15) is 5.10 Å².